The number of hydrogen-bond acceptors (Lipinski definition) is 4. The third kappa shape index (κ3) is 7.98. The Kier molecular flexibility index (Phi) is 11.4. The zero-order chi connectivity index (χ0) is 29.3. The predicted molar refractivity (Wildman–Crippen MR) is 179 cm³/mol. The zero-order valence-corrected chi connectivity index (χ0v) is 26.7. The smallest absolute Gasteiger partial charge is 0.0969 e. The van der Waals surface area contributed by atoms with Crippen LogP contribution in [0.4, 0.5) is 0 Å². The van der Waals surface area contributed by atoms with Gasteiger partial charge in [0.1, 0.15) is 0 Å². The molecule has 3 N–H and O–H groups in total. The van der Waals surface area contributed by atoms with Crippen LogP contribution in [0.5, 0.6) is 0 Å². The van der Waals surface area contributed by atoms with Crippen molar-refractivity contribution >= 4 is 6.21 Å². The Morgan fingerprint density at radius 3 is 2.64 bits per heavy atom. The first-order valence-corrected chi connectivity index (χ1v) is 17.3. The Balaban J connectivity index is 1.28. The summed E-state index contributed by atoms with van der Waals surface area (Å²) >= 11 is 0. The molecule has 4 heteroatoms. The van der Waals surface area contributed by atoms with Crippen molar-refractivity contribution in [2.45, 2.75) is 116 Å². The van der Waals surface area contributed by atoms with Crippen LogP contribution in [0.2, 0.25) is 0 Å². The molecule has 5 aliphatic rings. The van der Waals surface area contributed by atoms with Gasteiger partial charge in [0.05, 0.1) is 5.76 Å². The van der Waals surface area contributed by atoms with Crippen molar-refractivity contribution in [3.05, 3.63) is 70.7 Å². The number of nitrogens with one attached hydrogen (secondary N) is 2. The van der Waals surface area contributed by atoms with Gasteiger partial charge in [0, 0.05) is 43.4 Å². The highest BCUT2D eigenvalue weighted by Crippen LogP contribution is 2.43. The van der Waals surface area contributed by atoms with Gasteiger partial charge in [0.15, 0.2) is 0 Å². The monoisotopic (exact) mass is 571 g/mol. The minimum Gasteiger partial charge on any atom is -0.512 e. The number of hydrogen-bond donors (Lipinski definition) is 3. The average Bonchev–Trinajstić information content (AvgIpc) is 3.01. The van der Waals surface area contributed by atoms with E-state index in [0.29, 0.717) is 35.8 Å². The second-order valence-corrected chi connectivity index (χ2v) is 13.8. The van der Waals surface area contributed by atoms with Crippen LogP contribution in [0.3, 0.4) is 0 Å². The molecule has 0 aromatic rings. The lowest BCUT2D eigenvalue weighted by molar-refractivity contribution is 0.181. The van der Waals surface area contributed by atoms with Crippen LogP contribution < -0.4 is 10.6 Å². The maximum atomic E-state index is 11.8. The maximum Gasteiger partial charge on any atom is 0.0969 e. The van der Waals surface area contributed by atoms with Gasteiger partial charge in [0.2, 0.25) is 0 Å². The number of aliphatic hydroxyl groups excluding tert-OH is 1. The minimum absolute atomic E-state index is 0.197. The molecular weight excluding hydrogens is 514 g/mol. The Bertz CT molecular complexity index is 1120. The Morgan fingerprint density at radius 2 is 1.88 bits per heavy atom. The van der Waals surface area contributed by atoms with Gasteiger partial charge >= 0.3 is 0 Å². The van der Waals surface area contributed by atoms with Crippen LogP contribution in [-0.4, -0.2) is 37.0 Å². The topological polar surface area (TPSA) is 56.7 Å². The number of nitrogens with zero attached hydrogens (tertiary/aromatic N) is 1. The summed E-state index contributed by atoms with van der Waals surface area (Å²) in [5, 5.41) is 19.8. The van der Waals surface area contributed by atoms with E-state index >= 15 is 0 Å². The fourth-order valence-electron chi connectivity index (χ4n) is 8.21. The first-order valence-electron chi connectivity index (χ1n) is 17.3. The molecule has 0 fully saturated rings. The molecule has 0 spiro atoms. The van der Waals surface area contributed by atoms with E-state index in [1.807, 2.05) is 7.05 Å². The molecule has 5 aliphatic carbocycles. The summed E-state index contributed by atoms with van der Waals surface area (Å²) in [6.45, 7) is 5.63. The van der Waals surface area contributed by atoms with Crippen molar-refractivity contribution in [1.82, 2.24) is 10.6 Å². The number of aliphatic hydroxyl groups is 1. The third-order valence-electron chi connectivity index (χ3n) is 10.6. The van der Waals surface area contributed by atoms with Crippen LogP contribution in [0, 0.1) is 29.6 Å². The van der Waals surface area contributed by atoms with Gasteiger partial charge in [0.25, 0.3) is 0 Å². The Morgan fingerprint density at radius 1 is 0.976 bits per heavy atom. The number of rotatable bonds is 11. The van der Waals surface area contributed by atoms with Crippen molar-refractivity contribution in [1.29, 1.82) is 0 Å². The van der Waals surface area contributed by atoms with E-state index in [4.69, 9.17) is 0 Å². The van der Waals surface area contributed by atoms with Crippen LogP contribution in [-0.2, 0) is 0 Å². The second-order valence-electron chi connectivity index (χ2n) is 13.8. The quantitative estimate of drug-likeness (QED) is 0.171. The van der Waals surface area contributed by atoms with Gasteiger partial charge in [-0.05, 0) is 136 Å². The summed E-state index contributed by atoms with van der Waals surface area (Å²) in [5.41, 5.74) is 5.82. The zero-order valence-electron chi connectivity index (χ0n) is 26.7. The van der Waals surface area contributed by atoms with E-state index in [1.165, 1.54) is 49.8 Å². The minimum atomic E-state index is 0.197. The molecule has 0 saturated heterocycles. The first kappa shape index (κ1) is 31.1. The molecule has 42 heavy (non-hydrogen) atoms. The van der Waals surface area contributed by atoms with Gasteiger partial charge < -0.3 is 20.7 Å². The molecule has 7 atom stereocenters. The summed E-state index contributed by atoms with van der Waals surface area (Å²) in [7, 11) is 1.88. The van der Waals surface area contributed by atoms with Crippen LogP contribution in [0.15, 0.2) is 75.7 Å². The average molecular weight is 572 g/mol. The van der Waals surface area contributed by atoms with E-state index < -0.39 is 0 Å². The molecule has 5 rings (SSSR count). The molecule has 0 aromatic heterocycles. The normalized spacial score (nSPS) is 32.9. The maximum absolute atomic E-state index is 11.8. The molecule has 0 heterocycles. The van der Waals surface area contributed by atoms with E-state index in [1.54, 1.807) is 11.1 Å². The third-order valence-corrected chi connectivity index (χ3v) is 10.6. The molecule has 4 nitrogen and oxygen atoms in total. The molecule has 6 unspecified atom stereocenters. The molecular formula is C38H57N3O. The van der Waals surface area contributed by atoms with E-state index in [9.17, 15) is 5.11 Å². The van der Waals surface area contributed by atoms with E-state index in [2.05, 4.69) is 78.2 Å². The standard InChI is InChI=1S/C38H57N3O/c1-27-16-18-30(19-17-27)37-36(21-20-34(38(37)42)29-11-5-4-6-12-29)40-25-23-32(22-24-39-3)41-35-15-8-7-14-33(35)31-13-9-10-28(2)26-31/h4-5,8,15-16,18,24,26-30,32,36-37,40-42H,6-7,9-14,17,19-23,25H2,1-3H3/b39-24-/t27?,28-,29?,30?,32?,36?,37?/m1/s1. The molecule has 0 bridgehead atoms. The second kappa shape index (κ2) is 15.4. The predicted octanol–water partition coefficient (Wildman–Crippen LogP) is 8.91. The SMILES string of the molecule is C/N=C\CC(CCNC1CCC(C2CC=CCC2)=C(O)C1C1C=CC(C)CC1)NC1=C(C2=C[C@H](C)CCC2)CCC=C1. The van der Waals surface area contributed by atoms with Crippen molar-refractivity contribution in [2.75, 3.05) is 13.6 Å². The fraction of sp³-hybridized carbons (Fsp3) is 0.658. The summed E-state index contributed by atoms with van der Waals surface area (Å²) in [4.78, 5) is 4.34. The van der Waals surface area contributed by atoms with Gasteiger partial charge in [-0.15, -0.1) is 0 Å². The summed E-state index contributed by atoms with van der Waals surface area (Å²) in [6.07, 6.45) is 34.8. The molecule has 0 aliphatic heterocycles. The lowest BCUT2D eigenvalue weighted by Crippen LogP contribution is -2.45. The summed E-state index contributed by atoms with van der Waals surface area (Å²) in [5.74, 6) is 3.22. The van der Waals surface area contributed by atoms with Crippen LogP contribution in [0.1, 0.15) is 104 Å². The number of allylic oxidation sites excluding steroid dienone is 10. The Hall–Kier alpha value is -2.33. The van der Waals surface area contributed by atoms with Gasteiger partial charge in [-0.2, -0.15) is 0 Å². The highest BCUT2D eigenvalue weighted by molar-refractivity contribution is 5.58. The number of aliphatic imine (C=N–C) groups is 1. The van der Waals surface area contributed by atoms with Crippen LogP contribution >= 0.6 is 0 Å². The molecule has 230 valence electrons. The van der Waals surface area contributed by atoms with Crippen molar-refractivity contribution in [3.8, 4) is 0 Å². The largest absolute Gasteiger partial charge is 0.512 e. The summed E-state index contributed by atoms with van der Waals surface area (Å²) in [6, 6.07) is 0.663. The Labute approximate surface area is 256 Å². The summed E-state index contributed by atoms with van der Waals surface area (Å²) < 4.78 is 0. The highest BCUT2D eigenvalue weighted by atomic mass is 16.3. The molecule has 0 radical (unpaired) electrons. The van der Waals surface area contributed by atoms with Crippen molar-refractivity contribution in [2.24, 2.45) is 34.6 Å². The molecule has 0 saturated carbocycles. The lowest BCUT2D eigenvalue weighted by atomic mass is 9.69. The van der Waals surface area contributed by atoms with Gasteiger partial charge in [-0.25, -0.2) is 0 Å². The fourth-order valence-corrected chi connectivity index (χ4v) is 8.21. The molecule has 0 amide bonds. The van der Waals surface area contributed by atoms with Gasteiger partial charge in [-0.1, -0.05) is 50.3 Å². The van der Waals surface area contributed by atoms with E-state index in [0.717, 1.165) is 63.7 Å². The first-order chi connectivity index (χ1) is 20.5. The van der Waals surface area contributed by atoms with Gasteiger partial charge in [-0.3, -0.25) is 0 Å². The van der Waals surface area contributed by atoms with Crippen molar-refractivity contribution in [3.63, 3.8) is 0 Å². The highest BCUT2D eigenvalue weighted by Gasteiger charge is 2.38. The van der Waals surface area contributed by atoms with Crippen molar-refractivity contribution < 1.29 is 5.11 Å². The van der Waals surface area contributed by atoms with Crippen LogP contribution in [0.25, 0.3) is 0 Å². The molecule has 0 aromatic carbocycles. The van der Waals surface area contributed by atoms with E-state index in [-0.39, 0.29) is 5.92 Å². The lowest BCUT2D eigenvalue weighted by Gasteiger charge is -2.41.